The normalized spacial score (nSPS) is 10.4. The fraction of sp³-hybridized carbons (Fsp3) is 0.333. The lowest BCUT2D eigenvalue weighted by Crippen LogP contribution is -2.07. The first-order valence-electron chi connectivity index (χ1n) is 5.84. The van der Waals surface area contributed by atoms with Crippen LogP contribution in [0.2, 0.25) is 0 Å². The Kier molecular flexibility index (Phi) is 3.55. The van der Waals surface area contributed by atoms with Gasteiger partial charge in [-0.3, -0.25) is 0 Å². The summed E-state index contributed by atoms with van der Waals surface area (Å²) in [6.07, 6.45) is 0. The van der Waals surface area contributed by atoms with Crippen LogP contribution in [0.15, 0.2) is 0 Å². The third-order valence-electron chi connectivity index (χ3n) is 2.74. The molecule has 2 rings (SSSR count). The first-order valence-corrected chi connectivity index (χ1v) is 5.84. The minimum Gasteiger partial charge on any atom is -0.478 e. The molecule has 0 atom stereocenters. The molecule has 4 N–H and O–H groups in total. The zero-order chi connectivity index (χ0) is 14.9. The molecule has 2 aromatic rings. The van der Waals surface area contributed by atoms with Crippen molar-refractivity contribution in [2.24, 2.45) is 0 Å². The Morgan fingerprint density at radius 3 is 1.35 bits per heavy atom. The highest BCUT2D eigenvalue weighted by Crippen LogP contribution is 2.29. The zero-order valence-corrected chi connectivity index (χ0v) is 11.8. The smallest absolute Gasteiger partial charge is 0.257 e. The number of aryl methyl sites for hydroxylation is 2. The number of hydrogen-bond donors (Lipinski definition) is 2. The van der Waals surface area contributed by atoms with E-state index in [1.54, 1.807) is 13.8 Å². The van der Waals surface area contributed by atoms with E-state index in [1.165, 1.54) is 14.2 Å². The van der Waals surface area contributed by atoms with Gasteiger partial charge in [-0.1, -0.05) is 0 Å². The number of ether oxygens (including phenoxy) is 2. The van der Waals surface area contributed by atoms with Gasteiger partial charge in [0.05, 0.1) is 25.6 Å². The van der Waals surface area contributed by atoms with Gasteiger partial charge in [0.15, 0.2) is 11.6 Å². The molecule has 0 aromatic carbocycles. The van der Waals surface area contributed by atoms with E-state index in [1.807, 2.05) is 0 Å². The second kappa shape index (κ2) is 5.16. The summed E-state index contributed by atoms with van der Waals surface area (Å²) in [6, 6.07) is 0. The van der Waals surface area contributed by atoms with Gasteiger partial charge in [0.25, 0.3) is 11.8 Å². The fourth-order valence-electron chi connectivity index (χ4n) is 1.79. The summed E-state index contributed by atoms with van der Waals surface area (Å²) in [6.45, 7) is 3.56. The molecule has 0 saturated carbocycles. The van der Waals surface area contributed by atoms with Crippen LogP contribution in [0, 0.1) is 13.8 Å². The van der Waals surface area contributed by atoms with Crippen LogP contribution in [0.25, 0.3) is 11.4 Å². The van der Waals surface area contributed by atoms with Crippen molar-refractivity contribution < 1.29 is 9.47 Å². The number of nitrogens with zero attached hydrogens (tertiary/aromatic N) is 4. The van der Waals surface area contributed by atoms with Gasteiger partial charge in [-0.15, -0.1) is 0 Å². The maximum atomic E-state index is 5.72. The van der Waals surface area contributed by atoms with Gasteiger partial charge in [0, 0.05) is 0 Å². The molecule has 2 aromatic heterocycles. The molecule has 8 heteroatoms. The lowest BCUT2D eigenvalue weighted by molar-refractivity contribution is 0.396. The van der Waals surface area contributed by atoms with Crippen LogP contribution < -0.4 is 20.9 Å². The van der Waals surface area contributed by atoms with E-state index in [4.69, 9.17) is 20.9 Å². The number of hydrogen-bond acceptors (Lipinski definition) is 8. The van der Waals surface area contributed by atoms with E-state index in [2.05, 4.69) is 19.9 Å². The molecular formula is C12H16N6O2. The van der Waals surface area contributed by atoms with Crippen LogP contribution in [0.3, 0.4) is 0 Å². The predicted molar refractivity (Wildman–Crippen MR) is 74.5 cm³/mol. The summed E-state index contributed by atoms with van der Waals surface area (Å²) >= 11 is 0. The van der Waals surface area contributed by atoms with Gasteiger partial charge >= 0.3 is 0 Å². The minimum absolute atomic E-state index is 0.224. The Bertz CT molecular complexity index is 601. The van der Waals surface area contributed by atoms with Crippen molar-refractivity contribution in [1.29, 1.82) is 0 Å². The average Bonchev–Trinajstić information content (AvgIpc) is 2.40. The van der Waals surface area contributed by atoms with E-state index < -0.39 is 0 Å². The molecule has 0 saturated heterocycles. The number of methoxy groups -OCH3 is 2. The van der Waals surface area contributed by atoms with E-state index in [9.17, 15) is 0 Å². The van der Waals surface area contributed by atoms with Crippen molar-refractivity contribution in [2.45, 2.75) is 13.8 Å². The maximum absolute atomic E-state index is 5.72. The quantitative estimate of drug-likeness (QED) is 0.841. The molecule has 0 fully saturated rings. The van der Waals surface area contributed by atoms with Gasteiger partial charge < -0.3 is 20.9 Å². The van der Waals surface area contributed by atoms with Crippen molar-refractivity contribution in [3.05, 3.63) is 11.4 Å². The molecule has 8 nitrogen and oxygen atoms in total. The number of anilines is 2. The minimum atomic E-state index is 0.224. The predicted octanol–water partition coefficient (Wildman–Crippen LogP) is 0.732. The van der Waals surface area contributed by atoms with E-state index in [0.29, 0.717) is 22.8 Å². The Morgan fingerprint density at radius 1 is 0.700 bits per heavy atom. The number of nitrogen functional groups attached to an aromatic ring is 2. The molecule has 0 radical (unpaired) electrons. The van der Waals surface area contributed by atoms with Gasteiger partial charge in [-0.05, 0) is 13.8 Å². The molecule has 2 heterocycles. The van der Waals surface area contributed by atoms with Crippen molar-refractivity contribution in [3.63, 3.8) is 0 Å². The number of nitrogens with two attached hydrogens (primary N) is 2. The largest absolute Gasteiger partial charge is 0.478 e. The van der Waals surface area contributed by atoms with E-state index in [0.717, 1.165) is 0 Å². The van der Waals surface area contributed by atoms with Gasteiger partial charge in [-0.2, -0.15) is 0 Å². The van der Waals surface area contributed by atoms with Crippen LogP contribution in [0.4, 0.5) is 11.6 Å². The molecule has 106 valence electrons. The molecule has 0 spiro atoms. The van der Waals surface area contributed by atoms with Crippen LogP contribution in [-0.2, 0) is 0 Å². The third-order valence-corrected chi connectivity index (χ3v) is 2.74. The monoisotopic (exact) mass is 276 g/mol. The summed E-state index contributed by atoms with van der Waals surface area (Å²) < 4.78 is 10.2. The van der Waals surface area contributed by atoms with Gasteiger partial charge in [0.1, 0.15) is 11.4 Å². The SMILES string of the molecule is COc1nc(-c2nc(OC)c(N)nc2C)c(C)nc1N. The standard InChI is InChI=1S/C12H16N6O2/c1-5-7(17-11(19-3)9(13)15-5)8-6(2)16-10(14)12(18-8)20-4/h1-4H3,(H2,13,15)(H2,14,16). The third kappa shape index (κ3) is 2.27. The maximum Gasteiger partial charge on any atom is 0.257 e. The molecule has 0 aliphatic rings. The second-order valence-corrected chi connectivity index (χ2v) is 4.10. The van der Waals surface area contributed by atoms with Crippen molar-refractivity contribution in [3.8, 4) is 23.1 Å². The van der Waals surface area contributed by atoms with E-state index >= 15 is 0 Å². The highest BCUT2D eigenvalue weighted by Gasteiger charge is 2.17. The topological polar surface area (TPSA) is 122 Å². The van der Waals surface area contributed by atoms with Crippen LogP contribution in [-0.4, -0.2) is 34.2 Å². The summed E-state index contributed by atoms with van der Waals surface area (Å²) in [5.74, 6) is 0.925. The summed E-state index contributed by atoms with van der Waals surface area (Å²) in [7, 11) is 2.95. The van der Waals surface area contributed by atoms with Crippen LogP contribution in [0.1, 0.15) is 11.4 Å². The highest BCUT2D eigenvalue weighted by molar-refractivity contribution is 5.64. The molecule has 0 unspecified atom stereocenters. The van der Waals surface area contributed by atoms with Crippen molar-refractivity contribution in [1.82, 2.24) is 19.9 Å². The first kappa shape index (κ1) is 13.8. The zero-order valence-electron chi connectivity index (χ0n) is 11.8. The Labute approximate surface area is 116 Å². The molecule has 0 amide bonds. The Hall–Kier alpha value is -2.64. The van der Waals surface area contributed by atoms with Crippen LogP contribution >= 0.6 is 0 Å². The summed E-state index contributed by atoms with van der Waals surface area (Å²) in [4.78, 5) is 17.0. The number of aromatic nitrogens is 4. The second-order valence-electron chi connectivity index (χ2n) is 4.10. The Balaban J connectivity index is 2.67. The average molecular weight is 276 g/mol. The molecule has 0 bridgehead atoms. The lowest BCUT2D eigenvalue weighted by Gasteiger charge is -2.12. The van der Waals surface area contributed by atoms with Gasteiger partial charge in [-0.25, -0.2) is 19.9 Å². The fourth-order valence-corrected chi connectivity index (χ4v) is 1.79. The van der Waals surface area contributed by atoms with Crippen molar-refractivity contribution in [2.75, 3.05) is 25.7 Å². The molecule has 0 aliphatic carbocycles. The number of rotatable bonds is 3. The van der Waals surface area contributed by atoms with Crippen molar-refractivity contribution >= 4 is 11.6 Å². The highest BCUT2D eigenvalue weighted by atomic mass is 16.5. The van der Waals surface area contributed by atoms with Gasteiger partial charge in [0.2, 0.25) is 0 Å². The van der Waals surface area contributed by atoms with Crippen LogP contribution in [0.5, 0.6) is 11.8 Å². The summed E-state index contributed by atoms with van der Waals surface area (Å²) in [5, 5.41) is 0. The molecule has 0 aliphatic heterocycles. The lowest BCUT2D eigenvalue weighted by atomic mass is 10.2. The first-order chi connectivity index (χ1) is 9.47. The Morgan fingerprint density at radius 2 is 1.05 bits per heavy atom. The molecule has 20 heavy (non-hydrogen) atoms. The van der Waals surface area contributed by atoms with E-state index in [-0.39, 0.29) is 23.4 Å². The summed E-state index contributed by atoms with van der Waals surface area (Å²) in [5.41, 5.74) is 13.7. The molecular weight excluding hydrogens is 260 g/mol.